The molecule has 4 rings (SSSR count). The topological polar surface area (TPSA) is 93.5 Å². The van der Waals surface area contributed by atoms with Crippen LogP contribution in [0.15, 0.2) is 47.5 Å². The molecule has 0 amide bonds. The molecule has 2 heterocycles. The largest absolute Gasteiger partial charge is 0.477 e. The van der Waals surface area contributed by atoms with Crippen molar-refractivity contribution in [2.45, 2.75) is 64.5 Å². The summed E-state index contributed by atoms with van der Waals surface area (Å²) in [6.45, 7) is 10.8. The number of rotatable bonds is 6. The first-order valence-electron chi connectivity index (χ1n) is 11.2. The van der Waals surface area contributed by atoms with E-state index in [0.717, 1.165) is 12.8 Å². The second kappa shape index (κ2) is 8.42. The summed E-state index contributed by atoms with van der Waals surface area (Å²) in [7, 11) is -2.09. The lowest BCUT2D eigenvalue weighted by atomic mass is 10.1. The van der Waals surface area contributed by atoms with Gasteiger partial charge < -0.3 is 19.4 Å². The van der Waals surface area contributed by atoms with Gasteiger partial charge in [0.05, 0.1) is 17.3 Å². The van der Waals surface area contributed by atoms with Gasteiger partial charge in [-0.25, -0.2) is 9.78 Å². The Kier molecular flexibility index (Phi) is 5.92. The number of carboxylic acids is 1. The third-order valence-corrected chi connectivity index (χ3v) is 11.4. The van der Waals surface area contributed by atoms with E-state index in [-0.39, 0.29) is 28.8 Å². The number of nitrogens with one attached hydrogen (secondary N) is 1. The highest BCUT2D eigenvalue weighted by Crippen LogP contribution is 2.37. The molecule has 0 saturated carbocycles. The molecule has 8 heteroatoms. The molecule has 3 aromatic rings. The van der Waals surface area contributed by atoms with Gasteiger partial charge in [0, 0.05) is 12.2 Å². The van der Waals surface area contributed by atoms with E-state index in [1.165, 1.54) is 17.3 Å². The SMILES string of the molecule is CC(C)(C)[Si](C)(C)OCn1cc(C(=O)O)c(=O)c2cc(NC3Cc4ccccc4C3)cnc21. The molecule has 0 spiro atoms. The fourth-order valence-corrected chi connectivity index (χ4v) is 4.84. The molecular weight excluding hydrogens is 434 g/mol. The van der Waals surface area contributed by atoms with Crippen molar-refractivity contribution < 1.29 is 14.3 Å². The first kappa shape index (κ1) is 23.2. The Hall–Kier alpha value is -2.97. The summed E-state index contributed by atoms with van der Waals surface area (Å²) >= 11 is 0. The van der Waals surface area contributed by atoms with Crippen molar-refractivity contribution in [3.63, 3.8) is 0 Å². The van der Waals surface area contributed by atoms with Crippen LogP contribution in [-0.4, -0.2) is 35.0 Å². The van der Waals surface area contributed by atoms with Crippen LogP contribution >= 0.6 is 0 Å². The Bertz CT molecular complexity index is 1250. The maximum atomic E-state index is 13.0. The smallest absolute Gasteiger partial charge is 0.341 e. The summed E-state index contributed by atoms with van der Waals surface area (Å²) in [6.07, 6.45) is 4.84. The van der Waals surface area contributed by atoms with Crippen LogP contribution in [0, 0.1) is 0 Å². The molecule has 0 unspecified atom stereocenters. The highest BCUT2D eigenvalue weighted by molar-refractivity contribution is 6.74. The van der Waals surface area contributed by atoms with Crippen molar-refractivity contribution in [3.8, 4) is 0 Å². The van der Waals surface area contributed by atoms with Gasteiger partial charge in [-0.1, -0.05) is 45.0 Å². The number of carboxylic acid groups (broad SMARTS) is 1. The van der Waals surface area contributed by atoms with Crippen molar-refractivity contribution in [2.75, 3.05) is 5.32 Å². The van der Waals surface area contributed by atoms with Gasteiger partial charge in [-0.3, -0.25) is 4.79 Å². The Labute approximate surface area is 194 Å². The number of fused-ring (bicyclic) bond motifs is 2. The molecule has 0 aliphatic heterocycles. The van der Waals surface area contributed by atoms with Crippen molar-refractivity contribution in [2.24, 2.45) is 0 Å². The van der Waals surface area contributed by atoms with Crippen LogP contribution < -0.4 is 10.7 Å². The van der Waals surface area contributed by atoms with E-state index in [1.807, 2.05) is 12.1 Å². The number of benzene rings is 1. The molecule has 0 saturated heterocycles. The second-order valence-corrected chi connectivity index (χ2v) is 15.1. The van der Waals surface area contributed by atoms with E-state index < -0.39 is 19.7 Å². The third-order valence-electron chi connectivity index (χ3n) is 6.94. The van der Waals surface area contributed by atoms with Crippen molar-refractivity contribution >= 4 is 31.0 Å². The average molecular weight is 466 g/mol. The summed E-state index contributed by atoms with van der Waals surface area (Å²) in [5, 5.41) is 13.4. The van der Waals surface area contributed by atoms with Crippen LogP contribution in [0.2, 0.25) is 18.1 Å². The van der Waals surface area contributed by atoms with Crippen LogP contribution in [0.5, 0.6) is 0 Å². The lowest BCUT2D eigenvalue weighted by Gasteiger charge is -2.36. The Morgan fingerprint density at radius 2 is 1.88 bits per heavy atom. The van der Waals surface area contributed by atoms with E-state index in [0.29, 0.717) is 11.3 Å². The summed E-state index contributed by atoms with van der Waals surface area (Å²) < 4.78 is 7.92. The average Bonchev–Trinajstić information content (AvgIpc) is 3.14. The summed E-state index contributed by atoms with van der Waals surface area (Å²) in [5.74, 6) is -1.26. The van der Waals surface area contributed by atoms with Gasteiger partial charge in [-0.15, -0.1) is 0 Å². The second-order valence-electron chi connectivity index (χ2n) is 10.3. The van der Waals surface area contributed by atoms with E-state index in [9.17, 15) is 14.7 Å². The molecule has 0 radical (unpaired) electrons. The minimum Gasteiger partial charge on any atom is -0.477 e. The number of pyridine rings is 2. The molecule has 1 aliphatic carbocycles. The normalized spacial score (nSPS) is 14.5. The summed E-state index contributed by atoms with van der Waals surface area (Å²) in [6, 6.07) is 10.3. The van der Waals surface area contributed by atoms with Gasteiger partial charge in [0.1, 0.15) is 17.9 Å². The number of aromatic carboxylic acids is 1. The van der Waals surface area contributed by atoms with Gasteiger partial charge in [-0.05, 0) is 48.2 Å². The third kappa shape index (κ3) is 4.58. The molecular formula is C25H31N3O4Si. The standard InChI is InChI=1S/C25H31N3O4Si/c1-25(2,3)33(4,5)32-15-28-14-21(24(30)31)22(29)20-12-19(13-26-23(20)28)27-18-10-16-8-6-7-9-17(16)11-18/h6-9,12-14,18,27H,10-11,15H2,1-5H3,(H,30,31). The molecule has 33 heavy (non-hydrogen) atoms. The lowest BCUT2D eigenvalue weighted by molar-refractivity contribution is 0.0694. The van der Waals surface area contributed by atoms with Crippen LogP contribution in [0.3, 0.4) is 0 Å². The van der Waals surface area contributed by atoms with Crippen LogP contribution in [0.4, 0.5) is 5.69 Å². The zero-order chi connectivity index (χ0) is 24.0. The molecule has 7 nitrogen and oxygen atoms in total. The predicted octanol–water partition coefficient (Wildman–Crippen LogP) is 4.65. The van der Waals surface area contributed by atoms with Gasteiger partial charge in [0.25, 0.3) is 0 Å². The molecule has 0 fully saturated rings. The van der Waals surface area contributed by atoms with E-state index in [4.69, 9.17) is 4.43 Å². The molecule has 0 bridgehead atoms. The van der Waals surface area contributed by atoms with E-state index >= 15 is 0 Å². The Morgan fingerprint density at radius 3 is 2.45 bits per heavy atom. The maximum Gasteiger partial charge on any atom is 0.341 e. The van der Waals surface area contributed by atoms with Gasteiger partial charge in [0.2, 0.25) is 5.43 Å². The van der Waals surface area contributed by atoms with Crippen LogP contribution in [0.25, 0.3) is 11.0 Å². The quantitative estimate of drug-likeness (QED) is 0.515. The number of nitrogens with zero attached hydrogens (tertiary/aromatic N) is 2. The molecule has 1 aliphatic rings. The van der Waals surface area contributed by atoms with Gasteiger partial charge in [-0.2, -0.15) is 0 Å². The van der Waals surface area contributed by atoms with Gasteiger partial charge >= 0.3 is 5.97 Å². The number of anilines is 1. The molecule has 2 aromatic heterocycles. The minimum absolute atomic E-state index is 0.000837. The molecule has 174 valence electrons. The first-order valence-corrected chi connectivity index (χ1v) is 14.1. The zero-order valence-corrected chi connectivity index (χ0v) is 20.8. The Morgan fingerprint density at radius 1 is 1.24 bits per heavy atom. The minimum atomic E-state index is -2.09. The number of hydrogen-bond donors (Lipinski definition) is 2. The zero-order valence-electron chi connectivity index (χ0n) is 19.8. The van der Waals surface area contributed by atoms with E-state index in [2.05, 4.69) is 56.3 Å². The van der Waals surface area contributed by atoms with Crippen LogP contribution in [-0.2, 0) is 24.0 Å². The van der Waals surface area contributed by atoms with E-state index in [1.54, 1.807) is 16.8 Å². The summed E-state index contributed by atoms with van der Waals surface area (Å²) in [5.41, 5.74) is 2.95. The molecule has 2 N–H and O–H groups in total. The Balaban J connectivity index is 1.67. The number of carbonyl (C=O) groups is 1. The van der Waals surface area contributed by atoms with Crippen LogP contribution in [0.1, 0.15) is 42.3 Å². The molecule has 1 aromatic carbocycles. The highest BCUT2D eigenvalue weighted by Gasteiger charge is 2.37. The van der Waals surface area contributed by atoms with Crippen molar-refractivity contribution in [1.29, 1.82) is 0 Å². The fraction of sp³-hybridized carbons (Fsp3) is 0.400. The van der Waals surface area contributed by atoms with Crippen molar-refractivity contribution in [1.82, 2.24) is 9.55 Å². The molecule has 0 atom stereocenters. The fourth-order valence-electron chi connectivity index (χ4n) is 3.95. The number of hydrogen-bond acceptors (Lipinski definition) is 5. The number of aromatic nitrogens is 2. The predicted molar refractivity (Wildman–Crippen MR) is 133 cm³/mol. The van der Waals surface area contributed by atoms with Crippen molar-refractivity contribution in [3.05, 3.63) is 69.6 Å². The van der Waals surface area contributed by atoms with Gasteiger partial charge in [0.15, 0.2) is 8.32 Å². The first-order chi connectivity index (χ1) is 15.5. The maximum absolute atomic E-state index is 13.0. The monoisotopic (exact) mass is 465 g/mol. The highest BCUT2D eigenvalue weighted by atomic mass is 28.4. The summed E-state index contributed by atoms with van der Waals surface area (Å²) in [4.78, 5) is 29.3. The lowest BCUT2D eigenvalue weighted by Crippen LogP contribution is -2.41.